The summed E-state index contributed by atoms with van der Waals surface area (Å²) < 4.78 is 7.42. The molecular formula is C17H14N6O. The zero-order valence-corrected chi connectivity index (χ0v) is 13.0. The molecule has 7 heteroatoms. The molecule has 118 valence electrons. The number of benzene rings is 2. The van der Waals surface area contributed by atoms with Crippen molar-refractivity contribution in [1.82, 2.24) is 30.2 Å². The summed E-state index contributed by atoms with van der Waals surface area (Å²) in [5, 5.41) is 11.1. The number of aryl methyl sites for hydroxylation is 1. The number of aromatic nitrogens is 6. The molecule has 0 saturated carbocycles. The predicted octanol–water partition coefficient (Wildman–Crippen LogP) is 2.49. The Balaban J connectivity index is 1.51. The van der Waals surface area contributed by atoms with Gasteiger partial charge in [0.15, 0.2) is 0 Å². The van der Waals surface area contributed by atoms with Crippen molar-refractivity contribution < 1.29 is 4.74 Å². The third-order valence-electron chi connectivity index (χ3n) is 3.67. The Labute approximate surface area is 137 Å². The first-order valence-corrected chi connectivity index (χ1v) is 7.48. The lowest BCUT2D eigenvalue weighted by molar-refractivity contribution is 0.300. The zero-order chi connectivity index (χ0) is 16.4. The molecular weight excluding hydrogens is 304 g/mol. The van der Waals surface area contributed by atoms with Gasteiger partial charge in [0.25, 0.3) is 0 Å². The Bertz CT molecular complexity index is 966. The maximum atomic E-state index is 5.83. The van der Waals surface area contributed by atoms with Crippen LogP contribution in [0.2, 0.25) is 0 Å². The van der Waals surface area contributed by atoms with Crippen LogP contribution in [0.4, 0.5) is 0 Å². The fraction of sp³-hybridized carbons (Fsp3) is 0.118. The van der Waals surface area contributed by atoms with Gasteiger partial charge in [-0.05, 0) is 53.7 Å². The topological polar surface area (TPSA) is 78.6 Å². The maximum absolute atomic E-state index is 5.83. The van der Waals surface area contributed by atoms with E-state index in [1.54, 1.807) is 11.0 Å². The minimum Gasteiger partial charge on any atom is -0.487 e. The van der Waals surface area contributed by atoms with Gasteiger partial charge in [-0.2, -0.15) is 0 Å². The molecule has 0 N–H and O–H groups in total. The van der Waals surface area contributed by atoms with Crippen LogP contribution in [-0.2, 0) is 6.61 Å². The second-order valence-corrected chi connectivity index (χ2v) is 5.28. The fourth-order valence-electron chi connectivity index (χ4n) is 2.39. The highest BCUT2D eigenvalue weighted by atomic mass is 16.5. The summed E-state index contributed by atoms with van der Waals surface area (Å²) in [6.07, 6.45) is 1.55. The monoisotopic (exact) mass is 318 g/mol. The second-order valence-electron chi connectivity index (χ2n) is 5.28. The Kier molecular flexibility index (Phi) is 3.59. The van der Waals surface area contributed by atoms with Gasteiger partial charge in [-0.25, -0.2) is 14.6 Å². The Morgan fingerprint density at radius 2 is 1.71 bits per heavy atom. The summed E-state index contributed by atoms with van der Waals surface area (Å²) in [6.45, 7) is 2.31. The molecule has 0 fully saturated rings. The summed E-state index contributed by atoms with van der Waals surface area (Å²) in [5.41, 5.74) is 4.34. The third kappa shape index (κ3) is 2.79. The van der Waals surface area contributed by atoms with Crippen LogP contribution in [0.15, 0.2) is 54.9 Å². The van der Waals surface area contributed by atoms with E-state index in [9.17, 15) is 0 Å². The summed E-state index contributed by atoms with van der Waals surface area (Å²) >= 11 is 0. The van der Waals surface area contributed by atoms with E-state index in [1.165, 1.54) is 0 Å². The van der Waals surface area contributed by atoms with Crippen LogP contribution in [0.3, 0.4) is 0 Å². The molecule has 0 atom stereocenters. The minimum atomic E-state index is 0.369. The summed E-state index contributed by atoms with van der Waals surface area (Å²) in [7, 11) is 0. The lowest BCUT2D eigenvalue weighted by atomic mass is 10.2. The quantitative estimate of drug-likeness (QED) is 0.575. The van der Waals surface area contributed by atoms with E-state index in [2.05, 4.69) is 25.5 Å². The van der Waals surface area contributed by atoms with Crippen LogP contribution in [0.1, 0.15) is 11.4 Å². The molecule has 0 radical (unpaired) electrons. The first kappa shape index (κ1) is 14.3. The van der Waals surface area contributed by atoms with E-state index in [0.29, 0.717) is 6.61 Å². The Morgan fingerprint density at radius 3 is 2.42 bits per heavy atom. The molecule has 0 saturated heterocycles. The number of para-hydroxylation sites is 2. The number of hydrogen-bond donors (Lipinski definition) is 0. The van der Waals surface area contributed by atoms with Crippen LogP contribution in [0.5, 0.6) is 5.75 Å². The number of hydrogen-bond acceptors (Lipinski definition) is 6. The highest BCUT2D eigenvalue weighted by Gasteiger charge is 2.06. The van der Waals surface area contributed by atoms with Gasteiger partial charge >= 0.3 is 0 Å². The molecule has 0 aliphatic carbocycles. The SMILES string of the molecule is Cc1nc2ccccc2nc1COc1ccc(-n2cnnn2)cc1. The summed E-state index contributed by atoms with van der Waals surface area (Å²) in [6, 6.07) is 15.4. The Hall–Kier alpha value is -3.35. The van der Waals surface area contributed by atoms with Crippen LogP contribution >= 0.6 is 0 Å². The van der Waals surface area contributed by atoms with E-state index >= 15 is 0 Å². The summed E-state index contributed by atoms with van der Waals surface area (Å²) in [5.74, 6) is 0.751. The van der Waals surface area contributed by atoms with Gasteiger partial charge in [-0.1, -0.05) is 12.1 Å². The van der Waals surface area contributed by atoms with Crippen molar-refractivity contribution in [2.75, 3.05) is 0 Å². The van der Waals surface area contributed by atoms with Crippen molar-refractivity contribution in [3.8, 4) is 11.4 Å². The van der Waals surface area contributed by atoms with E-state index in [4.69, 9.17) is 4.74 Å². The molecule has 0 aliphatic heterocycles. The van der Waals surface area contributed by atoms with Gasteiger partial charge in [-0.15, -0.1) is 5.10 Å². The van der Waals surface area contributed by atoms with E-state index in [1.807, 2.05) is 55.5 Å². The molecule has 2 aromatic carbocycles. The van der Waals surface area contributed by atoms with E-state index < -0.39 is 0 Å². The normalized spacial score (nSPS) is 10.9. The van der Waals surface area contributed by atoms with Crippen molar-refractivity contribution in [3.05, 3.63) is 66.2 Å². The Morgan fingerprint density at radius 1 is 0.958 bits per heavy atom. The predicted molar refractivity (Wildman–Crippen MR) is 87.8 cm³/mol. The van der Waals surface area contributed by atoms with Crippen molar-refractivity contribution in [1.29, 1.82) is 0 Å². The molecule has 2 heterocycles. The van der Waals surface area contributed by atoms with Crippen molar-refractivity contribution in [2.45, 2.75) is 13.5 Å². The first-order valence-electron chi connectivity index (χ1n) is 7.48. The third-order valence-corrected chi connectivity index (χ3v) is 3.67. The second kappa shape index (κ2) is 6.04. The van der Waals surface area contributed by atoms with Gasteiger partial charge in [0.2, 0.25) is 0 Å². The molecule has 0 amide bonds. The van der Waals surface area contributed by atoms with Crippen molar-refractivity contribution in [2.24, 2.45) is 0 Å². The molecule has 2 aromatic heterocycles. The average Bonchev–Trinajstić information content (AvgIpc) is 3.15. The van der Waals surface area contributed by atoms with Gasteiger partial charge in [0.1, 0.15) is 18.7 Å². The number of fused-ring (bicyclic) bond motifs is 1. The number of tetrazole rings is 1. The van der Waals surface area contributed by atoms with Gasteiger partial charge < -0.3 is 4.74 Å². The average molecular weight is 318 g/mol. The van der Waals surface area contributed by atoms with Gasteiger partial charge in [0.05, 0.1) is 28.1 Å². The van der Waals surface area contributed by atoms with Gasteiger partial charge in [0, 0.05) is 0 Å². The lowest BCUT2D eigenvalue weighted by Gasteiger charge is -2.09. The fourth-order valence-corrected chi connectivity index (χ4v) is 2.39. The van der Waals surface area contributed by atoms with Crippen LogP contribution in [-0.4, -0.2) is 30.2 Å². The molecule has 0 unspecified atom stereocenters. The largest absolute Gasteiger partial charge is 0.487 e. The van der Waals surface area contributed by atoms with Crippen molar-refractivity contribution >= 4 is 11.0 Å². The lowest BCUT2D eigenvalue weighted by Crippen LogP contribution is -2.03. The number of ether oxygens (including phenoxy) is 1. The molecule has 0 aliphatic rings. The molecule has 0 bridgehead atoms. The molecule has 4 aromatic rings. The molecule has 24 heavy (non-hydrogen) atoms. The van der Waals surface area contributed by atoms with Crippen LogP contribution < -0.4 is 4.74 Å². The minimum absolute atomic E-state index is 0.369. The maximum Gasteiger partial charge on any atom is 0.143 e. The van der Waals surface area contributed by atoms with Crippen molar-refractivity contribution in [3.63, 3.8) is 0 Å². The highest BCUT2D eigenvalue weighted by molar-refractivity contribution is 5.74. The number of rotatable bonds is 4. The first-order chi connectivity index (χ1) is 11.8. The summed E-state index contributed by atoms with van der Waals surface area (Å²) in [4.78, 5) is 9.20. The molecule has 0 spiro atoms. The van der Waals surface area contributed by atoms with Crippen LogP contribution in [0, 0.1) is 6.92 Å². The highest BCUT2D eigenvalue weighted by Crippen LogP contribution is 2.17. The number of nitrogens with zero attached hydrogens (tertiary/aromatic N) is 6. The van der Waals surface area contributed by atoms with Crippen LogP contribution in [0.25, 0.3) is 16.7 Å². The van der Waals surface area contributed by atoms with E-state index in [0.717, 1.165) is 33.9 Å². The smallest absolute Gasteiger partial charge is 0.143 e. The van der Waals surface area contributed by atoms with E-state index in [-0.39, 0.29) is 0 Å². The zero-order valence-electron chi connectivity index (χ0n) is 13.0. The molecule has 4 rings (SSSR count). The standard InChI is InChI=1S/C17H14N6O/c1-12-17(20-16-5-3-2-4-15(16)19-12)10-24-14-8-6-13(7-9-14)23-11-18-21-22-23/h2-9,11H,10H2,1H3. The molecule has 7 nitrogen and oxygen atoms in total. The van der Waals surface area contributed by atoms with Gasteiger partial charge in [-0.3, -0.25) is 0 Å².